The second-order valence-corrected chi connectivity index (χ2v) is 4.95. The quantitative estimate of drug-likeness (QED) is 0.633. The molecule has 0 bridgehead atoms. The van der Waals surface area contributed by atoms with Gasteiger partial charge in [-0.1, -0.05) is 18.2 Å². The molecule has 2 amide bonds. The van der Waals surface area contributed by atoms with Crippen LogP contribution < -0.4 is 10.6 Å². The Morgan fingerprint density at radius 3 is 2.35 bits per heavy atom. The van der Waals surface area contributed by atoms with E-state index in [0.29, 0.717) is 13.1 Å². The number of hydrogen-bond acceptors (Lipinski definition) is 4. The maximum Gasteiger partial charge on any atom is 0.321 e. The summed E-state index contributed by atoms with van der Waals surface area (Å²) >= 11 is 0. The van der Waals surface area contributed by atoms with Gasteiger partial charge in [0, 0.05) is 43.6 Å². The van der Waals surface area contributed by atoms with Gasteiger partial charge >= 0.3 is 6.03 Å². The van der Waals surface area contributed by atoms with E-state index in [1.54, 1.807) is 24.1 Å². The average Bonchev–Trinajstić information content (AvgIpc) is 2.56. The van der Waals surface area contributed by atoms with Crippen molar-refractivity contribution < 1.29 is 9.72 Å². The summed E-state index contributed by atoms with van der Waals surface area (Å²) in [4.78, 5) is 23.7. The molecule has 0 aliphatic rings. The summed E-state index contributed by atoms with van der Waals surface area (Å²) in [5.74, 6) is 0. The molecule has 0 saturated heterocycles. The number of benzene rings is 2. The first-order valence-corrected chi connectivity index (χ1v) is 7.12. The highest BCUT2D eigenvalue weighted by Crippen LogP contribution is 2.15. The number of para-hydroxylation sites is 1. The molecule has 2 aromatic rings. The SMILES string of the molecule is CN(CCNc1ccc([N+](=O)[O-])cc1)C(=O)Nc1ccccc1. The number of amides is 2. The van der Waals surface area contributed by atoms with Crippen LogP contribution in [0.3, 0.4) is 0 Å². The van der Waals surface area contributed by atoms with Gasteiger partial charge in [-0.15, -0.1) is 0 Å². The fourth-order valence-corrected chi connectivity index (χ4v) is 1.91. The summed E-state index contributed by atoms with van der Waals surface area (Å²) in [6.45, 7) is 1.03. The Balaban J connectivity index is 1.76. The first kappa shape index (κ1) is 16.3. The lowest BCUT2D eigenvalue weighted by atomic mass is 10.3. The van der Waals surface area contributed by atoms with E-state index in [-0.39, 0.29) is 11.7 Å². The number of urea groups is 1. The number of nitro groups is 1. The van der Waals surface area contributed by atoms with Crippen molar-refractivity contribution in [1.82, 2.24) is 4.90 Å². The van der Waals surface area contributed by atoms with Crippen molar-refractivity contribution in [3.63, 3.8) is 0 Å². The van der Waals surface area contributed by atoms with Gasteiger partial charge in [-0.05, 0) is 24.3 Å². The van der Waals surface area contributed by atoms with Crippen LogP contribution in [0.5, 0.6) is 0 Å². The number of anilines is 2. The van der Waals surface area contributed by atoms with Crippen LogP contribution in [-0.4, -0.2) is 36.0 Å². The van der Waals surface area contributed by atoms with Crippen molar-refractivity contribution in [2.24, 2.45) is 0 Å². The number of hydrogen-bond donors (Lipinski definition) is 2. The summed E-state index contributed by atoms with van der Waals surface area (Å²) < 4.78 is 0. The van der Waals surface area contributed by atoms with Crippen molar-refractivity contribution in [2.75, 3.05) is 30.8 Å². The lowest BCUT2D eigenvalue weighted by Crippen LogP contribution is -2.34. The number of carbonyl (C=O) groups is 1. The number of rotatable bonds is 6. The van der Waals surface area contributed by atoms with Gasteiger partial charge in [-0.2, -0.15) is 0 Å². The third-order valence-electron chi connectivity index (χ3n) is 3.23. The predicted octanol–water partition coefficient (Wildman–Crippen LogP) is 3.17. The van der Waals surface area contributed by atoms with Crippen molar-refractivity contribution in [3.8, 4) is 0 Å². The highest BCUT2D eigenvalue weighted by molar-refractivity contribution is 5.89. The molecular weight excluding hydrogens is 296 g/mol. The summed E-state index contributed by atoms with van der Waals surface area (Å²) in [6, 6.07) is 15.2. The second kappa shape index (κ2) is 7.79. The third kappa shape index (κ3) is 4.99. The molecule has 23 heavy (non-hydrogen) atoms. The molecule has 2 rings (SSSR count). The monoisotopic (exact) mass is 314 g/mol. The zero-order valence-electron chi connectivity index (χ0n) is 12.7. The molecule has 2 aromatic carbocycles. The lowest BCUT2D eigenvalue weighted by Gasteiger charge is -2.18. The van der Waals surface area contributed by atoms with Crippen molar-refractivity contribution in [3.05, 3.63) is 64.7 Å². The molecule has 7 heteroatoms. The molecule has 0 aliphatic heterocycles. The summed E-state index contributed by atoms with van der Waals surface area (Å²) in [6.07, 6.45) is 0. The van der Waals surface area contributed by atoms with Crippen LogP contribution in [0.2, 0.25) is 0 Å². The second-order valence-electron chi connectivity index (χ2n) is 4.95. The zero-order chi connectivity index (χ0) is 16.7. The number of likely N-dealkylation sites (N-methyl/N-ethyl adjacent to an activating group) is 1. The Kier molecular flexibility index (Phi) is 5.51. The van der Waals surface area contributed by atoms with Crippen LogP contribution in [-0.2, 0) is 0 Å². The average molecular weight is 314 g/mol. The Morgan fingerprint density at radius 1 is 1.09 bits per heavy atom. The maximum atomic E-state index is 12.0. The van der Waals surface area contributed by atoms with E-state index in [0.717, 1.165) is 11.4 Å². The van der Waals surface area contributed by atoms with E-state index in [1.807, 2.05) is 30.3 Å². The predicted molar refractivity (Wildman–Crippen MR) is 89.7 cm³/mol. The van der Waals surface area contributed by atoms with E-state index < -0.39 is 4.92 Å². The largest absolute Gasteiger partial charge is 0.383 e. The fraction of sp³-hybridized carbons (Fsp3) is 0.188. The van der Waals surface area contributed by atoms with E-state index in [9.17, 15) is 14.9 Å². The van der Waals surface area contributed by atoms with Gasteiger partial charge in [0.05, 0.1) is 4.92 Å². The number of nitrogens with one attached hydrogen (secondary N) is 2. The topological polar surface area (TPSA) is 87.5 Å². The fourth-order valence-electron chi connectivity index (χ4n) is 1.91. The minimum absolute atomic E-state index is 0.0508. The lowest BCUT2D eigenvalue weighted by molar-refractivity contribution is -0.384. The zero-order valence-corrected chi connectivity index (χ0v) is 12.7. The summed E-state index contributed by atoms with van der Waals surface area (Å²) in [5, 5.41) is 16.5. The van der Waals surface area contributed by atoms with Crippen LogP contribution >= 0.6 is 0 Å². The van der Waals surface area contributed by atoms with Crippen molar-refractivity contribution >= 4 is 23.1 Å². The molecule has 0 saturated carbocycles. The first-order valence-electron chi connectivity index (χ1n) is 7.12. The molecule has 0 aliphatic carbocycles. The van der Waals surface area contributed by atoms with E-state index in [1.165, 1.54) is 12.1 Å². The Hall–Kier alpha value is -3.09. The minimum atomic E-state index is -0.439. The molecule has 0 heterocycles. The number of nitrogens with zero attached hydrogens (tertiary/aromatic N) is 2. The minimum Gasteiger partial charge on any atom is -0.383 e. The molecule has 0 atom stereocenters. The molecule has 0 radical (unpaired) electrons. The Labute approximate surface area is 134 Å². The van der Waals surface area contributed by atoms with E-state index in [4.69, 9.17) is 0 Å². The molecular formula is C16H18N4O3. The standard InChI is InChI=1S/C16H18N4O3/c1-19(16(21)18-14-5-3-2-4-6-14)12-11-17-13-7-9-15(10-8-13)20(22)23/h2-10,17H,11-12H2,1H3,(H,18,21). The smallest absolute Gasteiger partial charge is 0.321 e. The number of nitro benzene ring substituents is 1. The Bertz CT molecular complexity index is 659. The molecule has 120 valence electrons. The molecule has 2 N–H and O–H groups in total. The van der Waals surface area contributed by atoms with Gasteiger partial charge < -0.3 is 15.5 Å². The van der Waals surface area contributed by atoms with Gasteiger partial charge in [-0.3, -0.25) is 10.1 Å². The van der Waals surface area contributed by atoms with Crippen LogP contribution in [0.25, 0.3) is 0 Å². The van der Waals surface area contributed by atoms with Crippen LogP contribution in [0.15, 0.2) is 54.6 Å². The van der Waals surface area contributed by atoms with Crippen LogP contribution in [0.1, 0.15) is 0 Å². The van der Waals surface area contributed by atoms with Gasteiger partial charge in [0.2, 0.25) is 0 Å². The number of non-ortho nitro benzene ring substituents is 1. The Morgan fingerprint density at radius 2 is 1.74 bits per heavy atom. The van der Waals surface area contributed by atoms with E-state index >= 15 is 0 Å². The van der Waals surface area contributed by atoms with E-state index in [2.05, 4.69) is 10.6 Å². The van der Waals surface area contributed by atoms with Gasteiger partial charge in [0.25, 0.3) is 5.69 Å². The highest BCUT2D eigenvalue weighted by atomic mass is 16.6. The summed E-state index contributed by atoms with van der Waals surface area (Å²) in [7, 11) is 1.70. The van der Waals surface area contributed by atoms with Gasteiger partial charge in [0.15, 0.2) is 0 Å². The molecule has 0 fully saturated rings. The van der Waals surface area contributed by atoms with Crippen LogP contribution in [0.4, 0.5) is 21.9 Å². The number of carbonyl (C=O) groups excluding carboxylic acids is 1. The summed E-state index contributed by atoms with van der Waals surface area (Å²) in [5.41, 5.74) is 1.56. The van der Waals surface area contributed by atoms with Crippen molar-refractivity contribution in [2.45, 2.75) is 0 Å². The molecule has 0 aromatic heterocycles. The molecule has 0 spiro atoms. The first-order chi connectivity index (χ1) is 11.1. The van der Waals surface area contributed by atoms with Gasteiger partial charge in [0.1, 0.15) is 0 Å². The molecule has 7 nitrogen and oxygen atoms in total. The highest BCUT2D eigenvalue weighted by Gasteiger charge is 2.08. The van der Waals surface area contributed by atoms with Gasteiger partial charge in [-0.25, -0.2) is 4.79 Å². The van der Waals surface area contributed by atoms with Crippen molar-refractivity contribution in [1.29, 1.82) is 0 Å². The third-order valence-corrected chi connectivity index (χ3v) is 3.23. The molecule has 0 unspecified atom stereocenters. The normalized spacial score (nSPS) is 9.96. The van der Waals surface area contributed by atoms with Crippen LogP contribution in [0, 0.1) is 10.1 Å². The maximum absolute atomic E-state index is 12.0.